The van der Waals surface area contributed by atoms with Gasteiger partial charge < -0.3 is 19.3 Å². The van der Waals surface area contributed by atoms with Crippen LogP contribution in [0, 0.1) is 0 Å². The van der Waals surface area contributed by atoms with Crippen LogP contribution in [0.25, 0.3) is 0 Å². The van der Waals surface area contributed by atoms with Gasteiger partial charge in [0.1, 0.15) is 6.61 Å². The Morgan fingerprint density at radius 2 is 1.54 bits per heavy atom. The SMILES string of the molecule is O=C(O)OCC(OC(=O)OCCc1ccccc1)c1ccccc1. The highest BCUT2D eigenvalue weighted by atomic mass is 16.7. The van der Waals surface area contributed by atoms with E-state index in [1.807, 2.05) is 30.3 Å². The molecule has 2 aromatic rings. The van der Waals surface area contributed by atoms with Crippen molar-refractivity contribution in [2.24, 2.45) is 0 Å². The topological polar surface area (TPSA) is 82.1 Å². The lowest BCUT2D eigenvalue weighted by Gasteiger charge is -2.17. The van der Waals surface area contributed by atoms with Crippen LogP contribution in [0.15, 0.2) is 60.7 Å². The number of carbonyl (C=O) groups excluding carboxylic acids is 1. The average molecular weight is 330 g/mol. The molecule has 0 aliphatic carbocycles. The van der Waals surface area contributed by atoms with Crippen molar-refractivity contribution < 1.29 is 28.9 Å². The van der Waals surface area contributed by atoms with Crippen molar-refractivity contribution in [3.63, 3.8) is 0 Å². The molecule has 0 spiro atoms. The van der Waals surface area contributed by atoms with Crippen LogP contribution in [0.1, 0.15) is 17.2 Å². The molecule has 0 saturated heterocycles. The summed E-state index contributed by atoms with van der Waals surface area (Å²) in [7, 11) is 0. The Kier molecular flexibility index (Phi) is 6.64. The molecule has 0 aliphatic rings. The van der Waals surface area contributed by atoms with E-state index in [0.717, 1.165) is 5.56 Å². The first-order valence-corrected chi connectivity index (χ1v) is 7.43. The number of ether oxygens (including phenoxy) is 3. The van der Waals surface area contributed by atoms with Gasteiger partial charge in [-0.15, -0.1) is 0 Å². The van der Waals surface area contributed by atoms with Gasteiger partial charge in [-0.05, 0) is 11.1 Å². The molecule has 1 unspecified atom stereocenters. The minimum absolute atomic E-state index is 0.171. The van der Waals surface area contributed by atoms with Crippen LogP contribution in [0.2, 0.25) is 0 Å². The summed E-state index contributed by atoms with van der Waals surface area (Å²) in [5.41, 5.74) is 1.66. The molecule has 0 aliphatic heterocycles. The molecule has 0 saturated carbocycles. The number of benzene rings is 2. The van der Waals surface area contributed by atoms with Gasteiger partial charge in [-0.1, -0.05) is 60.7 Å². The summed E-state index contributed by atoms with van der Waals surface area (Å²) in [6.07, 6.45) is -2.59. The molecule has 1 atom stereocenters. The van der Waals surface area contributed by atoms with E-state index in [-0.39, 0.29) is 13.2 Å². The summed E-state index contributed by atoms with van der Waals surface area (Å²) < 4.78 is 14.7. The van der Waals surface area contributed by atoms with Crippen LogP contribution < -0.4 is 0 Å². The highest BCUT2D eigenvalue weighted by Gasteiger charge is 2.19. The zero-order valence-corrected chi connectivity index (χ0v) is 13.0. The van der Waals surface area contributed by atoms with Crippen molar-refractivity contribution in [2.45, 2.75) is 12.5 Å². The van der Waals surface area contributed by atoms with E-state index >= 15 is 0 Å². The Labute approximate surface area is 139 Å². The zero-order chi connectivity index (χ0) is 17.2. The largest absolute Gasteiger partial charge is 0.509 e. The number of hydrogen-bond acceptors (Lipinski definition) is 5. The maximum atomic E-state index is 11.8. The lowest BCUT2D eigenvalue weighted by Crippen LogP contribution is -2.19. The van der Waals surface area contributed by atoms with Crippen molar-refractivity contribution in [3.05, 3.63) is 71.8 Å². The van der Waals surface area contributed by atoms with E-state index in [1.54, 1.807) is 30.3 Å². The molecule has 0 amide bonds. The molecule has 126 valence electrons. The van der Waals surface area contributed by atoms with Gasteiger partial charge >= 0.3 is 12.3 Å². The number of hydrogen-bond donors (Lipinski definition) is 1. The third kappa shape index (κ3) is 6.00. The van der Waals surface area contributed by atoms with E-state index < -0.39 is 18.4 Å². The third-order valence-corrected chi connectivity index (χ3v) is 3.22. The van der Waals surface area contributed by atoms with Crippen molar-refractivity contribution in [1.82, 2.24) is 0 Å². The normalized spacial score (nSPS) is 11.3. The van der Waals surface area contributed by atoms with Gasteiger partial charge in [-0.25, -0.2) is 9.59 Å². The average Bonchev–Trinajstić information content (AvgIpc) is 2.60. The van der Waals surface area contributed by atoms with Crippen LogP contribution in [0.4, 0.5) is 9.59 Å². The molecule has 0 heterocycles. The fourth-order valence-corrected chi connectivity index (χ4v) is 2.06. The standard InChI is InChI=1S/C18H18O6/c19-17(20)23-13-16(15-9-5-2-6-10-15)24-18(21)22-12-11-14-7-3-1-4-8-14/h1-10,16H,11-13H2,(H,19,20). The zero-order valence-electron chi connectivity index (χ0n) is 13.0. The molecule has 0 radical (unpaired) electrons. The molecular formula is C18H18O6. The number of rotatable bonds is 7. The Balaban J connectivity index is 1.86. The number of carbonyl (C=O) groups is 2. The summed E-state index contributed by atoms with van der Waals surface area (Å²) >= 11 is 0. The van der Waals surface area contributed by atoms with Gasteiger partial charge in [0.2, 0.25) is 0 Å². The summed E-state index contributed by atoms with van der Waals surface area (Å²) in [4.78, 5) is 22.4. The van der Waals surface area contributed by atoms with E-state index in [0.29, 0.717) is 12.0 Å². The van der Waals surface area contributed by atoms with Crippen LogP contribution in [-0.2, 0) is 20.6 Å². The van der Waals surface area contributed by atoms with Gasteiger partial charge in [-0.2, -0.15) is 0 Å². The first-order valence-electron chi connectivity index (χ1n) is 7.43. The van der Waals surface area contributed by atoms with Gasteiger partial charge in [0.25, 0.3) is 0 Å². The smallest absolute Gasteiger partial charge is 0.450 e. The van der Waals surface area contributed by atoms with Crippen molar-refractivity contribution >= 4 is 12.3 Å². The second-order valence-electron chi connectivity index (χ2n) is 4.93. The van der Waals surface area contributed by atoms with Crippen molar-refractivity contribution in [2.75, 3.05) is 13.2 Å². The maximum absolute atomic E-state index is 11.8. The maximum Gasteiger partial charge on any atom is 0.509 e. The minimum Gasteiger partial charge on any atom is -0.450 e. The molecule has 2 rings (SSSR count). The van der Waals surface area contributed by atoms with Crippen molar-refractivity contribution in [3.8, 4) is 0 Å². The van der Waals surface area contributed by atoms with Gasteiger partial charge in [0, 0.05) is 6.42 Å². The Morgan fingerprint density at radius 1 is 0.917 bits per heavy atom. The van der Waals surface area contributed by atoms with Crippen LogP contribution >= 0.6 is 0 Å². The summed E-state index contributed by atoms with van der Waals surface area (Å²) in [6, 6.07) is 18.3. The van der Waals surface area contributed by atoms with Crippen LogP contribution in [0.3, 0.4) is 0 Å². The van der Waals surface area contributed by atoms with Gasteiger partial charge in [0.05, 0.1) is 6.61 Å². The Bertz CT molecular complexity index is 641. The van der Waals surface area contributed by atoms with Crippen molar-refractivity contribution in [1.29, 1.82) is 0 Å². The van der Waals surface area contributed by atoms with E-state index in [4.69, 9.17) is 14.6 Å². The minimum atomic E-state index is -1.43. The van der Waals surface area contributed by atoms with Gasteiger partial charge in [0.15, 0.2) is 6.10 Å². The fourth-order valence-electron chi connectivity index (χ4n) is 2.06. The molecule has 0 fully saturated rings. The summed E-state index contributed by atoms with van der Waals surface area (Å²) in [5, 5.41) is 8.62. The molecule has 6 heteroatoms. The molecule has 0 bridgehead atoms. The molecule has 24 heavy (non-hydrogen) atoms. The lowest BCUT2D eigenvalue weighted by molar-refractivity contribution is -0.0106. The van der Waals surface area contributed by atoms with Crippen LogP contribution in [-0.4, -0.2) is 30.6 Å². The van der Waals surface area contributed by atoms with Crippen LogP contribution in [0.5, 0.6) is 0 Å². The highest BCUT2D eigenvalue weighted by molar-refractivity contribution is 5.60. The lowest BCUT2D eigenvalue weighted by atomic mass is 10.1. The Morgan fingerprint density at radius 3 is 2.17 bits per heavy atom. The van der Waals surface area contributed by atoms with E-state index in [9.17, 15) is 9.59 Å². The third-order valence-electron chi connectivity index (χ3n) is 3.22. The summed E-state index contributed by atoms with van der Waals surface area (Å²) in [6.45, 7) is -0.128. The monoisotopic (exact) mass is 330 g/mol. The fraction of sp³-hybridized carbons (Fsp3) is 0.222. The number of carboxylic acid groups (broad SMARTS) is 1. The molecule has 1 N–H and O–H groups in total. The molecule has 6 nitrogen and oxygen atoms in total. The predicted octanol–water partition coefficient (Wildman–Crippen LogP) is 3.82. The summed E-state index contributed by atoms with van der Waals surface area (Å²) in [5.74, 6) is 0. The molecule has 0 aromatic heterocycles. The predicted molar refractivity (Wildman–Crippen MR) is 85.7 cm³/mol. The second kappa shape index (κ2) is 9.19. The molecular weight excluding hydrogens is 312 g/mol. The second-order valence-corrected chi connectivity index (χ2v) is 4.93. The quantitative estimate of drug-likeness (QED) is 0.777. The Hall–Kier alpha value is -3.02. The first-order chi connectivity index (χ1) is 11.6. The highest BCUT2D eigenvalue weighted by Crippen LogP contribution is 2.18. The van der Waals surface area contributed by atoms with E-state index in [2.05, 4.69) is 4.74 Å². The van der Waals surface area contributed by atoms with Gasteiger partial charge in [-0.3, -0.25) is 0 Å². The molecule has 2 aromatic carbocycles. The first kappa shape index (κ1) is 17.3. The van der Waals surface area contributed by atoms with E-state index in [1.165, 1.54) is 0 Å².